The zero-order valence-corrected chi connectivity index (χ0v) is 11.2. The number of hydrogen-bond acceptors (Lipinski definition) is 1. The average molecular weight is 226 g/mol. The van der Waals surface area contributed by atoms with Crippen LogP contribution in [-0.4, -0.2) is 18.6 Å². The van der Waals surface area contributed by atoms with Gasteiger partial charge in [-0.3, -0.25) is 0 Å². The normalized spacial score (nSPS) is 11.4. The van der Waals surface area contributed by atoms with Crippen molar-refractivity contribution in [2.45, 2.75) is 39.8 Å². The van der Waals surface area contributed by atoms with Crippen molar-refractivity contribution in [3.63, 3.8) is 0 Å². The zero-order chi connectivity index (χ0) is 12.4. The van der Waals surface area contributed by atoms with Gasteiger partial charge in [0.1, 0.15) is 0 Å². The van der Waals surface area contributed by atoms with Crippen molar-refractivity contribution >= 4 is 17.1 Å². The molecule has 1 aromatic heterocycles. The fraction of sp³-hybridized carbons (Fsp3) is 0.400. The Kier molecular flexibility index (Phi) is 3.51. The third-order valence-corrected chi connectivity index (χ3v) is 3.40. The van der Waals surface area contributed by atoms with Crippen LogP contribution in [0.4, 0.5) is 0 Å². The van der Waals surface area contributed by atoms with E-state index in [-0.39, 0.29) is 0 Å². The van der Waals surface area contributed by atoms with Crippen molar-refractivity contribution in [2.24, 2.45) is 0 Å². The van der Waals surface area contributed by atoms with Gasteiger partial charge in [0, 0.05) is 0 Å². The Morgan fingerprint density at radius 2 is 1.47 bits per heavy atom. The van der Waals surface area contributed by atoms with Gasteiger partial charge in [-0.05, 0) is 46.3 Å². The Balaban J connectivity index is 2.61. The fourth-order valence-electron chi connectivity index (χ4n) is 2.80. The summed E-state index contributed by atoms with van der Waals surface area (Å²) >= 11 is 0. The largest absolute Gasteiger partial charge is 0.579 e. The summed E-state index contributed by atoms with van der Waals surface area (Å²) in [5.41, 5.74) is 0. The molecule has 0 aliphatic carbocycles. The maximum Gasteiger partial charge on any atom is -0.0189 e. The van der Waals surface area contributed by atoms with Crippen molar-refractivity contribution in [1.29, 1.82) is 0 Å². The average Bonchev–Trinajstić information content (AvgIpc) is 2.28. The molecule has 0 amide bonds. The number of hydrogen-bond donors (Lipinski definition) is 0. The van der Waals surface area contributed by atoms with Gasteiger partial charge in [-0.25, -0.2) is 5.96 Å². The molecule has 0 radical (unpaired) electrons. The van der Waals surface area contributed by atoms with E-state index in [1.165, 1.54) is 10.7 Å². The standard InChI is InChI=1S/C15H21BN/c1-12(2)17(13(3)4)16-11-7-9-14-8-5-6-10-15(14)16/h5-13H,1-4H3/q-1. The molecule has 90 valence electrons. The molecule has 0 aliphatic heterocycles. The van der Waals surface area contributed by atoms with Crippen molar-refractivity contribution in [2.75, 3.05) is 4.81 Å². The molecule has 0 aliphatic rings. The Morgan fingerprint density at radius 1 is 0.882 bits per heavy atom. The van der Waals surface area contributed by atoms with Gasteiger partial charge < -0.3 is 4.81 Å². The smallest absolute Gasteiger partial charge is 0.0189 e. The molecule has 0 atom stereocenters. The second-order valence-electron chi connectivity index (χ2n) is 5.26. The summed E-state index contributed by atoms with van der Waals surface area (Å²) in [5, 5.41) is 2.78. The Hall–Kier alpha value is -1.31. The van der Waals surface area contributed by atoms with Gasteiger partial charge in [0.25, 0.3) is 0 Å². The summed E-state index contributed by atoms with van der Waals surface area (Å²) in [7, 11) is 0. The molecule has 1 heterocycles. The van der Waals surface area contributed by atoms with E-state index in [0.717, 1.165) is 0 Å². The van der Waals surface area contributed by atoms with Crippen molar-refractivity contribution in [1.82, 2.24) is 0 Å². The predicted octanol–water partition coefficient (Wildman–Crippen LogP) is 3.62. The van der Waals surface area contributed by atoms with Crippen molar-refractivity contribution in [3.05, 3.63) is 42.4 Å². The third-order valence-electron chi connectivity index (χ3n) is 3.40. The molecule has 0 unspecified atom stereocenters. The van der Waals surface area contributed by atoms with Crippen LogP contribution in [-0.2, 0) is 0 Å². The van der Waals surface area contributed by atoms with Crippen LogP contribution in [0, 0.1) is 0 Å². The highest BCUT2D eigenvalue weighted by molar-refractivity contribution is 6.67. The van der Waals surface area contributed by atoms with E-state index in [4.69, 9.17) is 0 Å². The molecule has 0 bridgehead atoms. The minimum Gasteiger partial charge on any atom is -0.579 e. The first-order chi connectivity index (χ1) is 8.11. The van der Waals surface area contributed by atoms with Crippen LogP contribution in [0.3, 0.4) is 0 Å². The summed E-state index contributed by atoms with van der Waals surface area (Å²) in [6.45, 7) is 9.50. The summed E-state index contributed by atoms with van der Waals surface area (Å²) in [5.74, 6) is 2.31. The quantitative estimate of drug-likeness (QED) is 0.772. The summed E-state index contributed by atoms with van der Waals surface area (Å²) < 4.78 is 0. The van der Waals surface area contributed by atoms with Gasteiger partial charge in [-0.1, -0.05) is 35.7 Å². The monoisotopic (exact) mass is 226 g/mol. The van der Waals surface area contributed by atoms with Crippen LogP contribution >= 0.6 is 0 Å². The van der Waals surface area contributed by atoms with Crippen molar-refractivity contribution < 1.29 is 0 Å². The lowest BCUT2D eigenvalue weighted by Crippen LogP contribution is -2.46. The van der Waals surface area contributed by atoms with Gasteiger partial charge in [0.05, 0.1) is 0 Å². The molecular weight excluding hydrogens is 205 g/mol. The van der Waals surface area contributed by atoms with E-state index in [1.807, 2.05) is 0 Å². The Bertz CT molecular complexity index is 492. The van der Waals surface area contributed by atoms with Crippen LogP contribution in [0.1, 0.15) is 27.7 Å². The van der Waals surface area contributed by atoms with Crippen LogP contribution in [0.2, 0.25) is 0 Å². The minimum atomic E-state index is 0.413. The summed E-state index contributed by atoms with van der Waals surface area (Å²) in [6, 6.07) is 14.2. The van der Waals surface area contributed by atoms with Gasteiger partial charge in [0.2, 0.25) is 0 Å². The topological polar surface area (TPSA) is 3.24 Å². The first-order valence-corrected chi connectivity index (χ1v) is 6.49. The maximum absolute atomic E-state index is 2.56. The number of rotatable bonds is 3. The molecular formula is C15H21BN-. The van der Waals surface area contributed by atoms with Crippen molar-refractivity contribution in [3.8, 4) is 0 Å². The molecule has 0 spiro atoms. The highest BCUT2D eigenvalue weighted by atomic mass is 15.1. The minimum absolute atomic E-state index is 0.413. The second kappa shape index (κ2) is 4.91. The van der Waals surface area contributed by atoms with Gasteiger partial charge in [-0.15, -0.1) is 6.07 Å². The molecule has 0 saturated heterocycles. The van der Waals surface area contributed by atoms with E-state index in [9.17, 15) is 0 Å². The highest BCUT2D eigenvalue weighted by Crippen LogP contribution is 2.15. The molecule has 2 heteroatoms. The third kappa shape index (κ3) is 2.36. The number of fused-ring (bicyclic) bond motifs is 1. The van der Waals surface area contributed by atoms with Crippen LogP contribution in [0.25, 0.3) is 10.7 Å². The number of benzene rings is 1. The lowest BCUT2D eigenvalue weighted by molar-refractivity contribution is 0.641. The lowest BCUT2D eigenvalue weighted by atomic mass is 9.69. The van der Waals surface area contributed by atoms with Gasteiger partial charge in [-0.2, -0.15) is 5.28 Å². The zero-order valence-electron chi connectivity index (χ0n) is 11.2. The molecule has 1 aromatic carbocycles. The molecule has 2 rings (SSSR count). The maximum atomic E-state index is 2.56. The van der Waals surface area contributed by atoms with Gasteiger partial charge >= 0.3 is 0 Å². The summed E-state index contributed by atoms with van der Waals surface area (Å²) in [6.07, 6.45) is 0. The van der Waals surface area contributed by atoms with Gasteiger partial charge in [0.15, 0.2) is 0 Å². The lowest BCUT2D eigenvalue weighted by Gasteiger charge is -2.45. The molecule has 0 fully saturated rings. The Morgan fingerprint density at radius 3 is 2.12 bits per heavy atom. The first-order valence-electron chi connectivity index (χ1n) is 6.49. The Labute approximate surface area is 105 Å². The predicted molar refractivity (Wildman–Crippen MR) is 78.4 cm³/mol. The highest BCUT2D eigenvalue weighted by Gasteiger charge is 2.06. The fourth-order valence-corrected chi connectivity index (χ4v) is 2.80. The molecule has 0 saturated carbocycles. The van der Waals surface area contributed by atoms with E-state index in [2.05, 4.69) is 74.9 Å². The van der Waals surface area contributed by atoms with E-state index in [1.54, 1.807) is 0 Å². The van der Waals surface area contributed by atoms with E-state index in [0.29, 0.717) is 18.6 Å². The molecule has 17 heavy (non-hydrogen) atoms. The molecule has 2 aromatic rings. The molecule has 1 nitrogen and oxygen atoms in total. The van der Waals surface area contributed by atoms with Crippen LogP contribution < -0.4 is 4.81 Å². The summed E-state index contributed by atoms with van der Waals surface area (Å²) in [4.78, 5) is 2.56. The second-order valence-corrected chi connectivity index (χ2v) is 5.26. The number of nitrogens with zero attached hydrogens (tertiary/aromatic N) is 1. The molecule has 0 N–H and O–H groups in total. The van der Waals surface area contributed by atoms with Crippen LogP contribution in [0.5, 0.6) is 0 Å². The first kappa shape index (κ1) is 12.2. The SMILES string of the molecule is CC(C)N([b-]1cccc2ccccc12)C(C)C. The van der Waals surface area contributed by atoms with E-state index < -0.39 is 0 Å². The van der Waals surface area contributed by atoms with E-state index >= 15 is 0 Å². The van der Waals surface area contributed by atoms with Crippen LogP contribution in [0.15, 0.2) is 42.4 Å².